The van der Waals surface area contributed by atoms with Gasteiger partial charge in [0.25, 0.3) is 0 Å². The Morgan fingerprint density at radius 3 is 1.85 bits per heavy atom. The first-order valence-electron chi connectivity index (χ1n) is 14.6. The number of piperidine rings is 1. The summed E-state index contributed by atoms with van der Waals surface area (Å²) in [5, 5.41) is 0. The molecule has 1 saturated heterocycles. The highest BCUT2D eigenvalue weighted by Crippen LogP contribution is 2.27. The van der Waals surface area contributed by atoms with Crippen molar-refractivity contribution < 1.29 is 4.74 Å². The van der Waals surface area contributed by atoms with Crippen LogP contribution in [0.1, 0.15) is 141 Å². The van der Waals surface area contributed by atoms with Crippen molar-refractivity contribution in [3.05, 3.63) is 11.8 Å². The van der Waals surface area contributed by atoms with Gasteiger partial charge in [0.15, 0.2) is 0 Å². The lowest BCUT2D eigenvalue weighted by atomic mass is 9.96. The predicted molar refractivity (Wildman–Crippen MR) is 140 cm³/mol. The maximum Gasteiger partial charge on any atom is 0.228 e. The molecule has 2 aliphatic rings. The molecular formula is C29H51N3O. The normalized spacial score (nSPS) is 16.7. The average Bonchev–Trinajstić information content (AvgIpc) is 2.82. The van der Waals surface area contributed by atoms with Crippen molar-refractivity contribution in [2.45, 2.75) is 148 Å². The Kier molecular flexibility index (Phi) is 13.0. The topological polar surface area (TPSA) is 38.2 Å². The summed E-state index contributed by atoms with van der Waals surface area (Å²) in [5.74, 6) is 1.72. The zero-order valence-corrected chi connectivity index (χ0v) is 21.7. The van der Waals surface area contributed by atoms with Crippen molar-refractivity contribution in [3.8, 4) is 5.88 Å². The largest absolute Gasteiger partial charge is 0.474 e. The van der Waals surface area contributed by atoms with Crippen molar-refractivity contribution in [3.63, 3.8) is 0 Å². The molecule has 0 aromatic carbocycles. The monoisotopic (exact) mass is 457 g/mol. The van der Waals surface area contributed by atoms with E-state index in [2.05, 4.69) is 17.9 Å². The van der Waals surface area contributed by atoms with Crippen LogP contribution in [0.3, 0.4) is 0 Å². The Hall–Kier alpha value is -1.32. The van der Waals surface area contributed by atoms with Crippen LogP contribution in [0.5, 0.6) is 5.88 Å². The van der Waals surface area contributed by atoms with E-state index >= 15 is 0 Å². The minimum absolute atomic E-state index is 0.378. The van der Waals surface area contributed by atoms with Gasteiger partial charge in [-0.1, -0.05) is 90.4 Å². The quantitative estimate of drug-likeness (QED) is 0.207. The minimum Gasteiger partial charge on any atom is -0.474 e. The molecule has 0 bridgehead atoms. The highest BCUT2D eigenvalue weighted by molar-refractivity contribution is 5.35. The van der Waals surface area contributed by atoms with Gasteiger partial charge < -0.3 is 9.64 Å². The van der Waals surface area contributed by atoms with Crippen molar-refractivity contribution in [1.82, 2.24) is 9.97 Å². The Morgan fingerprint density at radius 1 is 0.727 bits per heavy atom. The summed E-state index contributed by atoms with van der Waals surface area (Å²) in [6.07, 6.45) is 28.6. The number of rotatable bonds is 18. The maximum absolute atomic E-state index is 6.17. The molecule has 0 spiro atoms. The minimum atomic E-state index is 0.378. The van der Waals surface area contributed by atoms with Gasteiger partial charge >= 0.3 is 0 Å². The van der Waals surface area contributed by atoms with Crippen molar-refractivity contribution in [2.75, 3.05) is 18.0 Å². The van der Waals surface area contributed by atoms with E-state index in [0.29, 0.717) is 6.10 Å². The molecule has 0 atom stereocenters. The van der Waals surface area contributed by atoms with Crippen LogP contribution in [0.25, 0.3) is 0 Å². The number of aromatic nitrogens is 2. The maximum atomic E-state index is 6.17. The smallest absolute Gasteiger partial charge is 0.228 e. The van der Waals surface area contributed by atoms with Crippen LogP contribution in [-0.4, -0.2) is 29.2 Å². The van der Waals surface area contributed by atoms with E-state index < -0.39 is 0 Å². The average molecular weight is 458 g/mol. The molecule has 188 valence electrons. The second-order valence-electron chi connectivity index (χ2n) is 10.6. The van der Waals surface area contributed by atoms with E-state index in [1.165, 1.54) is 134 Å². The lowest BCUT2D eigenvalue weighted by Gasteiger charge is -2.29. The number of hydrogen-bond acceptors (Lipinski definition) is 4. The molecule has 2 heterocycles. The molecule has 0 unspecified atom stereocenters. The molecule has 0 N–H and O–H groups in total. The molecule has 1 aliphatic carbocycles. The Bertz CT molecular complexity index is 625. The first kappa shape index (κ1) is 26.3. The van der Waals surface area contributed by atoms with E-state index in [0.717, 1.165) is 31.3 Å². The number of nitrogens with zero attached hydrogens (tertiary/aromatic N) is 3. The third-order valence-corrected chi connectivity index (χ3v) is 7.51. The van der Waals surface area contributed by atoms with Crippen molar-refractivity contribution >= 4 is 5.95 Å². The molecule has 0 amide bonds. The molecule has 33 heavy (non-hydrogen) atoms. The van der Waals surface area contributed by atoms with E-state index in [1.807, 2.05) is 0 Å². The molecule has 3 rings (SSSR count). The zero-order valence-electron chi connectivity index (χ0n) is 21.7. The van der Waals surface area contributed by atoms with Gasteiger partial charge in [0.1, 0.15) is 6.10 Å². The SMILES string of the molecule is CCCCCCCCCCCCCCCCc1cc(OC2CCC2)nc(N2CCCCC2)n1. The standard InChI is InChI=1S/C29H51N3O/c1-2-3-4-5-6-7-8-9-10-11-12-13-14-16-20-26-25-28(33-27-21-19-22-27)31-29(30-26)32-23-17-15-18-24-32/h25,27H,2-24H2,1H3. The van der Waals surface area contributed by atoms with Gasteiger partial charge in [-0.05, 0) is 51.4 Å². The first-order valence-corrected chi connectivity index (χ1v) is 14.6. The summed E-state index contributed by atoms with van der Waals surface area (Å²) >= 11 is 0. The van der Waals surface area contributed by atoms with Gasteiger partial charge in [-0.3, -0.25) is 0 Å². The van der Waals surface area contributed by atoms with E-state index in [-0.39, 0.29) is 0 Å². The van der Waals surface area contributed by atoms with Gasteiger partial charge in [0.2, 0.25) is 11.8 Å². The van der Waals surface area contributed by atoms with Crippen LogP contribution in [0.15, 0.2) is 6.07 Å². The second-order valence-corrected chi connectivity index (χ2v) is 10.6. The lowest BCUT2D eigenvalue weighted by Crippen LogP contribution is -2.32. The van der Waals surface area contributed by atoms with Crippen LogP contribution < -0.4 is 9.64 Å². The van der Waals surface area contributed by atoms with Crippen molar-refractivity contribution in [2.24, 2.45) is 0 Å². The number of hydrogen-bond donors (Lipinski definition) is 0. The molecule has 2 fully saturated rings. The molecule has 4 nitrogen and oxygen atoms in total. The number of unbranched alkanes of at least 4 members (excludes halogenated alkanes) is 13. The van der Waals surface area contributed by atoms with Crippen LogP contribution in [0.2, 0.25) is 0 Å². The van der Waals surface area contributed by atoms with Crippen LogP contribution in [-0.2, 0) is 6.42 Å². The number of aryl methyl sites for hydroxylation is 1. The summed E-state index contributed by atoms with van der Waals surface area (Å²) in [6, 6.07) is 2.12. The van der Waals surface area contributed by atoms with Crippen LogP contribution in [0, 0.1) is 0 Å². The summed E-state index contributed by atoms with van der Waals surface area (Å²) in [4.78, 5) is 12.1. The highest BCUT2D eigenvalue weighted by Gasteiger charge is 2.21. The third kappa shape index (κ3) is 10.6. The summed E-state index contributed by atoms with van der Waals surface area (Å²) in [6.45, 7) is 4.47. The van der Waals surface area contributed by atoms with Gasteiger partial charge in [0, 0.05) is 24.8 Å². The Morgan fingerprint density at radius 2 is 1.30 bits per heavy atom. The van der Waals surface area contributed by atoms with E-state index in [9.17, 15) is 0 Å². The van der Waals surface area contributed by atoms with Crippen molar-refractivity contribution in [1.29, 1.82) is 0 Å². The van der Waals surface area contributed by atoms with Gasteiger partial charge in [-0.15, -0.1) is 0 Å². The Balaban J connectivity index is 1.28. The highest BCUT2D eigenvalue weighted by atomic mass is 16.5. The third-order valence-electron chi connectivity index (χ3n) is 7.51. The number of anilines is 1. The van der Waals surface area contributed by atoms with Gasteiger partial charge in [-0.2, -0.15) is 4.98 Å². The lowest BCUT2D eigenvalue weighted by molar-refractivity contribution is 0.114. The molecule has 4 heteroatoms. The van der Waals surface area contributed by atoms with E-state index in [4.69, 9.17) is 14.7 Å². The molecule has 0 radical (unpaired) electrons. The van der Waals surface area contributed by atoms with E-state index in [1.54, 1.807) is 0 Å². The first-order chi connectivity index (χ1) is 16.3. The molecular weight excluding hydrogens is 406 g/mol. The molecule has 1 saturated carbocycles. The fourth-order valence-corrected chi connectivity index (χ4v) is 5.04. The molecule has 1 aromatic rings. The summed E-state index contributed by atoms with van der Waals surface area (Å²) < 4.78 is 6.17. The fraction of sp³-hybridized carbons (Fsp3) is 0.862. The zero-order chi connectivity index (χ0) is 23.0. The fourth-order valence-electron chi connectivity index (χ4n) is 5.04. The Labute approximate surface area is 204 Å². The summed E-state index contributed by atoms with van der Waals surface area (Å²) in [5.41, 5.74) is 1.18. The number of ether oxygens (including phenoxy) is 1. The van der Waals surface area contributed by atoms with Gasteiger partial charge in [0.05, 0.1) is 0 Å². The summed E-state index contributed by atoms with van der Waals surface area (Å²) in [7, 11) is 0. The molecule has 1 aromatic heterocycles. The second kappa shape index (κ2) is 16.3. The van der Waals surface area contributed by atoms with Crippen LogP contribution >= 0.6 is 0 Å². The molecule has 1 aliphatic heterocycles. The van der Waals surface area contributed by atoms with Crippen LogP contribution in [0.4, 0.5) is 5.95 Å². The predicted octanol–water partition coefficient (Wildman–Crippen LogP) is 8.42. The van der Waals surface area contributed by atoms with Gasteiger partial charge in [-0.25, -0.2) is 4.98 Å².